The third-order valence-corrected chi connectivity index (χ3v) is 5.48. The summed E-state index contributed by atoms with van der Waals surface area (Å²) in [6, 6.07) is 24.7. The highest BCUT2D eigenvalue weighted by molar-refractivity contribution is 5.76. The van der Waals surface area contributed by atoms with Gasteiger partial charge in [0.2, 0.25) is 5.91 Å². The maximum atomic E-state index is 13.2. The molecule has 0 aliphatic rings. The summed E-state index contributed by atoms with van der Waals surface area (Å²) >= 11 is 0. The van der Waals surface area contributed by atoms with Crippen molar-refractivity contribution in [3.8, 4) is 11.3 Å². The van der Waals surface area contributed by atoms with E-state index >= 15 is 0 Å². The zero-order valence-corrected chi connectivity index (χ0v) is 18.7. The fourth-order valence-corrected chi connectivity index (χ4v) is 3.62. The quantitative estimate of drug-likeness (QED) is 0.370. The van der Waals surface area contributed by atoms with Crippen LogP contribution in [-0.2, 0) is 30.6 Å². The molecule has 8 heteroatoms. The minimum absolute atomic E-state index is 0.210. The Morgan fingerprint density at radius 1 is 0.829 bits per heavy atom. The summed E-state index contributed by atoms with van der Waals surface area (Å²) < 4.78 is 39.6. The van der Waals surface area contributed by atoms with Gasteiger partial charge in [-0.2, -0.15) is 13.2 Å². The first-order valence-corrected chi connectivity index (χ1v) is 10.9. The molecule has 4 aromatic rings. The Balaban J connectivity index is 1.52. The van der Waals surface area contributed by atoms with Crippen molar-refractivity contribution in [1.82, 2.24) is 14.5 Å². The van der Waals surface area contributed by atoms with E-state index in [0.29, 0.717) is 18.7 Å². The van der Waals surface area contributed by atoms with Crippen molar-refractivity contribution < 1.29 is 18.0 Å². The highest BCUT2D eigenvalue weighted by Crippen LogP contribution is 2.30. The van der Waals surface area contributed by atoms with Crippen molar-refractivity contribution in [2.75, 3.05) is 0 Å². The molecule has 0 aliphatic carbocycles. The minimum atomic E-state index is -4.44. The highest BCUT2D eigenvalue weighted by Gasteiger charge is 2.30. The van der Waals surface area contributed by atoms with Gasteiger partial charge in [-0.05, 0) is 23.3 Å². The molecule has 0 bridgehead atoms. The van der Waals surface area contributed by atoms with Crippen molar-refractivity contribution in [1.29, 1.82) is 0 Å². The van der Waals surface area contributed by atoms with E-state index in [2.05, 4.69) is 4.98 Å². The Hall–Kier alpha value is -4.20. The molecule has 3 aromatic carbocycles. The Bertz CT molecular complexity index is 1290. The molecule has 0 spiro atoms. The summed E-state index contributed by atoms with van der Waals surface area (Å²) in [5, 5.41) is 0. The summed E-state index contributed by atoms with van der Waals surface area (Å²) in [7, 11) is 0. The first-order valence-electron chi connectivity index (χ1n) is 10.9. The minimum Gasteiger partial charge on any atom is -0.332 e. The Labute approximate surface area is 200 Å². The van der Waals surface area contributed by atoms with Crippen LogP contribution in [0.1, 0.15) is 16.7 Å². The Morgan fingerprint density at radius 2 is 1.37 bits per heavy atom. The molecule has 1 heterocycles. The van der Waals surface area contributed by atoms with Crippen LogP contribution >= 0.6 is 0 Å². The molecule has 0 saturated carbocycles. The second kappa shape index (κ2) is 10.4. The molecule has 0 radical (unpaired) electrons. The smallest absolute Gasteiger partial charge is 0.332 e. The molecular formula is C27H22F3N3O2. The van der Waals surface area contributed by atoms with Gasteiger partial charge in [0.25, 0.3) is 5.56 Å². The largest absolute Gasteiger partial charge is 0.416 e. The van der Waals surface area contributed by atoms with Gasteiger partial charge in [0.05, 0.1) is 17.6 Å². The van der Waals surface area contributed by atoms with Crippen LogP contribution in [0.2, 0.25) is 0 Å². The van der Waals surface area contributed by atoms with Crippen LogP contribution in [-0.4, -0.2) is 20.4 Å². The van der Waals surface area contributed by atoms with Gasteiger partial charge >= 0.3 is 6.18 Å². The summed E-state index contributed by atoms with van der Waals surface area (Å²) in [5.41, 5.74) is 1.28. The molecule has 1 amide bonds. The molecule has 5 nitrogen and oxygen atoms in total. The lowest BCUT2D eigenvalue weighted by molar-refractivity contribution is -0.137. The number of halogens is 3. The number of amides is 1. The van der Waals surface area contributed by atoms with Crippen molar-refractivity contribution >= 4 is 5.91 Å². The van der Waals surface area contributed by atoms with Crippen LogP contribution < -0.4 is 5.56 Å². The van der Waals surface area contributed by atoms with E-state index in [4.69, 9.17) is 0 Å². The predicted molar refractivity (Wildman–Crippen MR) is 126 cm³/mol. The molecular weight excluding hydrogens is 455 g/mol. The van der Waals surface area contributed by atoms with E-state index in [0.717, 1.165) is 23.3 Å². The zero-order valence-electron chi connectivity index (χ0n) is 18.7. The summed E-state index contributed by atoms with van der Waals surface area (Å²) in [5.74, 6) is -0.260. The maximum Gasteiger partial charge on any atom is 0.416 e. The van der Waals surface area contributed by atoms with Gasteiger partial charge in [-0.25, -0.2) is 4.98 Å². The van der Waals surface area contributed by atoms with E-state index in [1.54, 1.807) is 4.90 Å². The van der Waals surface area contributed by atoms with Gasteiger partial charge < -0.3 is 4.90 Å². The number of nitrogens with zero attached hydrogens (tertiary/aromatic N) is 3. The molecule has 178 valence electrons. The molecule has 0 fully saturated rings. The highest BCUT2D eigenvalue weighted by atomic mass is 19.4. The van der Waals surface area contributed by atoms with Gasteiger partial charge in [0, 0.05) is 24.7 Å². The lowest BCUT2D eigenvalue weighted by Crippen LogP contribution is -2.35. The van der Waals surface area contributed by atoms with E-state index < -0.39 is 17.3 Å². The Morgan fingerprint density at radius 3 is 1.86 bits per heavy atom. The standard InChI is InChI=1S/C27H22F3N3O2/c28-27(29,30)23-13-11-22(12-14-23)24-15-25(34)33(19-31-24)18-26(35)32(16-20-7-3-1-4-8-20)17-21-9-5-2-6-10-21/h1-15,19H,16-18H2. The molecule has 35 heavy (non-hydrogen) atoms. The average Bonchev–Trinajstić information content (AvgIpc) is 2.85. The van der Waals surface area contributed by atoms with Gasteiger partial charge in [-0.3, -0.25) is 14.2 Å². The lowest BCUT2D eigenvalue weighted by Gasteiger charge is -2.23. The van der Waals surface area contributed by atoms with Gasteiger partial charge in [0.15, 0.2) is 0 Å². The molecule has 0 atom stereocenters. The van der Waals surface area contributed by atoms with E-state index in [1.807, 2.05) is 60.7 Å². The van der Waals surface area contributed by atoms with E-state index in [1.165, 1.54) is 29.1 Å². The number of rotatable bonds is 7. The monoisotopic (exact) mass is 477 g/mol. The second-order valence-electron chi connectivity index (χ2n) is 8.04. The molecule has 4 rings (SSSR count). The molecule has 0 aliphatic heterocycles. The van der Waals surface area contributed by atoms with Crippen LogP contribution in [0, 0.1) is 0 Å². The van der Waals surface area contributed by atoms with Crippen molar-refractivity contribution in [2.24, 2.45) is 0 Å². The fourth-order valence-electron chi connectivity index (χ4n) is 3.62. The third kappa shape index (κ3) is 6.23. The average molecular weight is 477 g/mol. The van der Waals surface area contributed by atoms with Crippen LogP contribution in [0.15, 0.2) is 102 Å². The normalized spacial score (nSPS) is 11.3. The second-order valence-corrected chi connectivity index (χ2v) is 8.04. The maximum absolute atomic E-state index is 13.2. The number of carbonyl (C=O) groups is 1. The van der Waals surface area contributed by atoms with Gasteiger partial charge in [0.1, 0.15) is 6.54 Å². The summed E-state index contributed by atoms with van der Waals surface area (Å²) in [6.45, 7) is 0.541. The summed E-state index contributed by atoms with van der Waals surface area (Å²) in [4.78, 5) is 31.7. The SMILES string of the molecule is O=C(Cn1cnc(-c2ccc(C(F)(F)F)cc2)cc1=O)N(Cc1ccccc1)Cc1ccccc1. The van der Waals surface area contributed by atoms with Gasteiger partial charge in [-0.1, -0.05) is 72.8 Å². The fraction of sp³-hybridized carbons (Fsp3) is 0.148. The first kappa shape index (κ1) is 23.9. The van der Waals surface area contributed by atoms with Crippen LogP contribution in [0.4, 0.5) is 13.2 Å². The molecule has 1 aromatic heterocycles. The lowest BCUT2D eigenvalue weighted by atomic mass is 10.1. The number of hydrogen-bond acceptors (Lipinski definition) is 3. The van der Waals surface area contributed by atoms with Crippen molar-refractivity contribution in [2.45, 2.75) is 25.8 Å². The van der Waals surface area contributed by atoms with Crippen molar-refractivity contribution in [3.63, 3.8) is 0 Å². The van der Waals surface area contributed by atoms with Crippen LogP contribution in [0.5, 0.6) is 0 Å². The van der Waals surface area contributed by atoms with E-state index in [9.17, 15) is 22.8 Å². The summed E-state index contributed by atoms with van der Waals surface area (Å²) in [6.07, 6.45) is -3.20. The molecule has 0 unspecified atom stereocenters. The molecule has 0 saturated heterocycles. The predicted octanol–water partition coefficient (Wildman–Crippen LogP) is 5.16. The number of hydrogen-bond donors (Lipinski definition) is 0. The third-order valence-electron chi connectivity index (χ3n) is 5.48. The molecule has 0 N–H and O–H groups in total. The van der Waals surface area contributed by atoms with E-state index in [-0.39, 0.29) is 18.1 Å². The zero-order chi connectivity index (χ0) is 24.8. The van der Waals surface area contributed by atoms with Crippen molar-refractivity contribution in [3.05, 3.63) is 124 Å². The van der Waals surface area contributed by atoms with Gasteiger partial charge in [-0.15, -0.1) is 0 Å². The Kier molecular flexibility index (Phi) is 7.10. The number of alkyl halides is 3. The van der Waals surface area contributed by atoms with Crippen LogP contribution in [0.3, 0.4) is 0 Å². The first-order chi connectivity index (χ1) is 16.8. The topological polar surface area (TPSA) is 55.2 Å². The number of carbonyl (C=O) groups excluding carboxylic acids is 1. The van der Waals surface area contributed by atoms with Crippen LogP contribution in [0.25, 0.3) is 11.3 Å². The number of benzene rings is 3. The number of aromatic nitrogens is 2.